The molecule has 26 heavy (non-hydrogen) atoms. The van der Waals surface area contributed by atoms with Gasteiger partial charge >= 0.3 is 5.69 Å². The maximum atomic E-state index is 12.8. The molecule has 1 aliphatic rings. The summed E-state index contributed by atoms with van der Waals surface area (Å²) in [4.78, 5) is 32.3. The van der Waals surface area contributed by atoms with Crippen LogP contribution in [0.15, 0.2) is 9.59 Å². The minimum absolute atomic E-state index is 0.252. The topological polar surface area (TPSA) is 65.1 Å². The molecule has 7 nitrogen and oxygen atoms in total. The van der Waals surface area contributed by atoms with E-state index in [1.165, 1.54) is 29.0 Å². The molecule has 0 amide bonds. The van der Waals surface area contributed by atoms with Crippen LogP contribution in [0, 0.1) is 11.8 Å². The van der Waals surface area contributed by atoms with Gasteiger partial charge in [-0.15, -0.1) is 0 Å². The van der Waals surface area contributed by atoms with Gasteiger partial charge < -0.3 is 4.57 Å². The molecule has 0 spiro atoms. The molecule has 1 saturated heterocycles. The van der Waals surface area contributed by atoms with Crippen molar-refractivity contribution in [2.45, 2.75) is 53.1 Å². The summed E-state index contributed by atoms with van der Waals surface area (Å²) in [5.74, 6) is 2.12. The van der Waals surface area contributed by atoms with Gasteiger partial charge in [0.05, 0.1) is 6.54 Å². The summed E-state index contributed by atoms with van der Waals surface area (Å²) in [7, 11) is 3.23. The number of rotatable bonds is 5. The number of nitrogens with zero attached hydrogens (tertiary/aromatic N) is 5. The molecule has 3 rings (SSSR count). The SMILES string of the molecule is CC(C)CCn1c(CN2CCC[C@H](C)C2)nc2c1c(=O)n(C)c(=O)n2C. The zero-order valence-electron chi connectivity index (χ0n) is 16.7. The van der Waals surface area contributed by atoms with Gasteiger partial charge in [-0.25, -0.2) is 9.78 Å². The highest BCUT2D eigenvalue weighted by Gasteiger charge is 2.23. The first-order chi connectivity index (χ1) is 12.3. The van der Waals surface area contributed by atoms with Gasteiger partial charge in [0.1, 0.15) is 5.82 Å². The molecular weight excluding hydrogens is 330 g/mol. The van der Waals surface area contributed by atoms with Crippen LogP contribution >= 0.6 is 0 Å². The van der Waals surface area contributed by atoms with Crippen LogP contribution in [-0.4, -0.2) is 36.7 Å². The normalized spacial score (nSPS) is 18.9. The molecule has 144 valence electrons. The maximum absolute atomic E-state index is 12.8. The zero-order chi connectivity index (χ0) is 19.0. The van der Waals surface area contributed by atoms with Crippen molar-refractivity contribution in [1.82, 2.24) is 23.6 Å². The first-order valence-corrected chi connectivity index (χ1v) is 9.67. The van der Waals surface area contributed by atoms with Gasteiger partial charge in [0.2, 0.25) is 0 Å². The molecule has 2 aromatic rings. The molecule has 7 heteroatoms. The summed E-state index contributed by atoms with van der Waals surface area (Å²) in [6.45, 7) is 10.2. The second-order valence-corrected chi connectivity index (χ2v) is 8.22. The van der Waals surface area contributed by atoms with Crippen molar-refractivity contribution in [3.05, 3.63) is 26.7 Å². The van der Waals surface area contributed by atoms with Gasteiger partial charge in [-0.05, 0) is 37.6 Å². The lowest BCUT2D eigenvalue weighted by Gasteiger charge is -2.30. The Labute approximate surface area is 154 Å². The van der Waals surface area contributed by atoms with E-state index in [-0.39, 0.29) is 11.2 Å². The summed E-state index contributed by atoms with van der Waals surface area (Å²) in [6.07, 6.45) is 3.45. The molecule has 0 unspecified atom stereocenters. The first kappa shape index (κ1) is 18.9. The summed E-state index contributed by atoms with van der Waals surface area (Å²) in [5.41, 5.74) is 0.476. The fraction of sp³-hybridized carbons (Fsp3) is 0.737. The number of likely N-dealkylation sites (tertiary alicyclic amines) is 1. The second kappa shape index (κ2) is 7.39. The smallest absolute Gasteiger partial charge is 0.321 e. The van der Waals surface area contributed by atoms with E-state index in [0.717, 1.165) is 38.4 Å². The van der Waals surface area contributed by atoms with Crippen molar-refractivity contribution in [2.75, 3.05) is 13.1 Å². The van der Waals surface area contributed by atoms with Gasteiger partial charge in [-0.3, -0.25) is 18.8 Å². The molecule has 0 radical (unpaired) electrons. The zero-order valence-corrected chi connectivity index (χ0v) is 16.7. The largest absolute Gasteiger partial charge is 0.332 e. The highest BCUT2D eigenvalue weighted by Crippen LogP contribution is 2.20. The molecule has 1 fully saturated rings. The lowest BCUT2D eigenvalue weighted by Crippen LogP contribution is -2.37. The van der Waals surface area contributed by atoms with Crippen LogP contribution in [0.4, 0.5) is 0 Å². The Kier molecular flexibility index (Phi) is 5.37. The summed E-state index contributed by atoms with van der Waals surface area (Å²) < 4.78 is 4.73. The standard InChI is InChI=1S/C19H31N5O2/c1-13(2)8-10-24-15(12-23-9-6-7-14(3)11-23)20-17-16(24)18(25)22(5)19(26)21(17)4/h13-14H,6-12H2,1-5H3/t14-/m0/s1. The fourth-order valence-corrected chi connectivity index (χ4v) is 3.87. The Morgan fingerprint density at radius 1 is 1.19 bits per heavy atom. The Morgan fingerprint density at radius 2 is 1.92 bits per heavy atom. The van der Waals surface area contributed by atoms with E-state index < -0.39 is 0 Å². The van der Waals surface area contributed by atoms with Crippen LogP contribution in [0.3, 0.4) is 0 Å². The fourth-order valence-electron chi connectivity index (χ4n) is 3.87. The van der Waals surface area contributed by atoms with Crippen molar-refractivity contribution >= 4 is 11.2 Å². The van der Waals surface area contributed by atoms with Crippen LogP contribution in [0.2, 0.25) is 0 Å². The van der Waals surface area contributed by atoms with E-state index in [0.29, 0.717) is 23.0 Å². The molecule has 0 N–H and O–H groups in total. The summed E-state index contributed by atoms with van der Waals surface area (Å²) >= 11 is 0. The molecule has 0 saturated carbocycles. The third-order valence-electron chi connectivity index (χ3n) is 5.46. The van der Waals surface area contributed by atoms with E-state index >= 15 is 0 Å². The van der Waals surface area contributed by atoms with E-state index in [1.807, 2.05) is 0 Å². The minimum atomic E-state index is -0.325. The number of hydrogen-bond donors (Lipinski definition) is 0. The highest BCUT2D eigenvalue weighted by molar-refractivity contribution is 5.71. The molecule has 0 aromatic carbocycles. The molecule has 0 aliphatic carbocycles. The van der Waals surface area contributed by atoms with Gasteiger partial charge in [-0.1, -0.05) is 20.8 Å². The van der Waals surface area contributed by atoms with Crippen LogP contribution < -0.4 is 11.2 Å². The van der Waals surface area contributed by atoms with E-state index in [2.05, 4.69) is 30.2 Å². The molecule has 0 bridgehead atoms. The van der Waals surface area contributed by atoms with Gasteiger partial charge in [0, 0.05) is 27.2 Å². The monoisotopic (exact) mass is 361 g/mol. The van der Waals surface area contributed by atoms with E-state index in [1.54, 1.807) is 7.05 Å². The van der Waals surface area contributed by atoms with E-state index in [9.17, 15) is 9.59 Å². The summed E-state index contributed by atoms with van der Waals surface area (Å²) in [5, 5.41) is 0. The lowest BCUT2D eigenvalue weighted by molar-refractivity contribution is 0.171. The van der Waals surface area contributed by atoms with Crippen LogP contribution in [0.5, 0.6) is 0 Å². The molecular formula is C19H31N5O2. The number of aromatic nitrogens is 4. The average Bonchev–Trinajstić information content (AvgIpc) is 2.94. The molecule has 3 heterocycles. The Balaban J connectivity index is 2.10. The number of fused-ring (bicyclic) bond motifs is 1. The Morgan fingerprint density at radius 3 is 2.58 bits per heavy atom. The molecule has 1 aliphatic heterocycles. The lowest BCUT2D eigenvalue weighted by atomic mass is 10.0. The third-order valence-corrected chi connectivity index (χ3v) is 5.46. The van der Waals surface area contributed by atoms with Gasteiger partial charge in [-0.2, -0.15) is 0 Å². The van der Waals surface area contributed by atoms with Crippen molar-refractivity contribution in [2.24, 2.45) is 25.9 Å². The maximum Gasteiger partial charge on any atom is 0.332 e. The number of hydrogen-bond acceptors (Lipinski definition) is 4. The predicted molar refractivity (Wildman–Crippen MR) is 103 cm³/mol. The minimum Gasteiger partial charge on any atom is -0.321 e. The van der Waals surface area contributed by atoms with Crippen LogP contribution in [-0.2, 0) is 27.2 Å². The molecule has 2 aromatic heterocycles. The third kappa shape index (κ3) is 3.49. The summed E-state index contributed by atoms with van der Waals surface area (Å²) in [6, 6.07) is 0. The number of piperidine rings is 1. The quantitative estimate of drug-likeness (QED) is 0.813. The average molecular weight is 361 g/mol. The predicted octanol–water partition coefficient (Wildman–Crippen LogP) is 1.71. The number of imidazole rings is 1. The van der Waals surface area contributed by atoms with Crippen molar-refractivity contribution in [3.8, 4) is 0 Å². The van der Waals surface area contributed by atoms with Crippen LogP contribution in [0.25, 0.3) is 11.2 Å². The Hall–Kier alpha value is -1.89. The van der Waals surface area contributed by atoms with Gasteiger partial charge in [0.25, 0.3) is 5.56 Å². The highest BCUT2D eigenvalue weighted by atomic mass is 16.2. The number of aryl methyl sites for hydroxylation is 2. The van der Waals surface area contributed by atoms with Crippen molar-refractivity contribution in [1.29, 1.82) is 0 Å². The Bertz CT molecular complexity index is 905. The van der Waals surface area contributed by atoms with Crippen molar-refractivity contribution in [3.63, 3.8) is 0 Å². The second-order valence-electron chi connectivity index (χ2n) is 8.22. The first-order valence-electron chi connectivity index (χ1n) is 9.67. The van der Waals surface area contributed by atoms with Gasteiger partial charge in [0.15, 0.2) is 11.2 Å². The van der Waals surface area contributed by atoms with Crippen molar-refractivity contribution < 1.29 is 0 Å². The molecule has 1 atom stereocenters. The van der Waals surface area contributed by atoms with Crippen LogP contribution in [0.1, 0.15) is 45.9 Å². The van der Waals surface area contributed by atoms with E-state index in [4.69, 9.17) is 4.98 Å².